The molecule has 0 aromatic heterocycles. The van der Waals surface area contributed by atoms with Gasteiger partial charge in [-0.2, -0.15) is 5.26 Å². The average Bonchev–Trinajstić information content (AvgIpc) is 2.15. The molecule has 0 spiro atoms. The Balaban J connectivity index is 0.00000169. The first-order valence-electron chi connectivity index (χ1n) is 3.63. The summed E-state index contributed by atoms with van der Waals surface area (Å²) in [6.45, 7) is -0.00405. The van der Waals surface area contributed by atoms with E-state index in [-0.39, 0.29) is 58.0 Å². The van der Waals surface area contributed by atoms with Crippen molar-refractivity contribution in [1.29, 1.82) is 5.26 Å². The van der Waals surface area contributed by atoms with E-state index < -0.39 is 5.91 Å². The van der Waals surface area contributed by atoms with Crippen molar-refractivity contribution >= 4 is 57.3 Å². The summed E-state index contributed by atoms with van der Waals surface area (Å²) in [5.41, 5.74) is 5.45. The quantitative estimate of drug-likeness (QED) is 0.725. The number of benzene rings is 1. The van der Waals surface area contributed by atoms with Gasteiger partial charge in [0.15, 0.2) is 6.61 Å². The normalized spacial score (nSPS) is 8.21. The Kier molecular flexibility index (Phi) is 6.79. The van der Waals surface area contributed by atoms with Gasteiger partial charge in [-0.3, -0.25) is 4.79 Å². The predicted molar refractivity (Wildman–Crippen MR) is 53.2 cm³/mol. The zero-order valence-electron chi connectivity index (χ0n) is 6.86. The SMILES string of the molecule is N#CCOc1ccc(C(N)=O)cc1.[KH]. The van der Waals surface area contributed by atoms with Gasteiger partial charge in [-0.1, -0.05) is 0 Å². The first kappa shape index (κ1) is 13.6. The number of carbonyl (C=O) groups is 1. The molecule has 0 fully saturated rings. The summed E-state index contributed by atoms with van der Waals surface area (Å²) in [4.78, 5) is 10.7. The van der Waals surface area contributed by atoms with Gasteiger partial charge in [-0.15, -0.1) is 0 Å². The Morgan fingerprint density at radius 2 is 2.00 bits per heavy atom. The van der Waals surface area contributed by atoms with E-state index in [0.29, 0.717) is 11.3 Å². The molecule has 0 aliphatic heterocycles. The third-order valence-electron chi connectivity index (χ3n) is 1.44. The molecular weight excluding hydrogens is 207 g/mol. The van der Waals surface area contributed by atoms with E-state index in [0.717, 1.165) is 0 Å². The van der Waals surface area contributed by atoms with E-state index in [1.807, 2.05) is 6.07 Å². The Hall–Kier alpha value is -0.384. The second-order valence-electron chi connectivity index (χ2n) is 2.34. The van der Waals surface area contributed by atoms with Crippen LogP contribution in [0, 0.1) is 11.3 Å². The van der Waals surface area contributed by atoms with Crippen molar-refractivity contribution in [3.8, 4) is 11.8 Å². The molecule has 1 aromatic carbocycles. The van der Waals surface area contributed by atoms with Gasteiger partial charge in [-0.25, -0.2) is 0 Å². The summed E-state index contributed by atoms with van der Waals surface area (Å²) in [7, 11) is 0. The van der Waals surface area contributed by atoms with Gasteiger partial charge in [0.25, 0.3) is 0 Å². The van der Waals surface area contributed by atoms with E-state index in [4.69, 9.17) is 15.7 Å². The van der Waals surface area contributed by atoms with Crippen LogP contribution in [-0.4, -0.2) is 63.9 Å². The van der Waals surface area contributed by atoms with Crippen molar-refractivity contribution < 1.29 is 9.53 Å². The fraction of sp³-hybridized carbons (Fsp3) is 0.111. The standard InChI is InChI=1S/C9H8N2O2.K.H/c10-5-6-13-8-3-1-7(2-4-8)9(11)12;;/h1-4H,6H2,(H2,11,12);;. The Morgan fingerprint density at radius 3 is 2.43 bits per heavy atom. The number of rotatable bonds is 3. The third kappa shape index (κ3) is 4.22. The molecule has 2 N–H and O–H groups in total. The van der Waals surface area contributed by atoms with Crippen LogP contribution in [0.15, 0.2) is 24.3 Å². The summed E-state index contributed by atoms with van der Waals surface area (Å²) in [6.07, 6.45) is 0. The number of hydrogen-bond acceptors (Lipinski definition) is 3. The molecule has 0 saturated carbocycles. The second kappa shape index (κ2) is 6.98. The maximum atomic E-state index is 10.7. The van der Waals surface area contributed by atoms with Crippen LogP contribution in [0.25, 0.3) is 0 Å². The van der Waals surface area contributed by atoms with Crippen LogP contribution in [0.1, 0.15) is 10.4 Å². The molecule has 0 unspecified atom stereocenters. The van der Waals surface area contributed by atoms with Gasteiger partial charge in [0.1, 0.15) is 11.8 Å². The van der Waals surface area contributed by atoms with E-state index in [2.05, 4.69) is 0 Å². The number of hydrogen-bond donors (Lipinski definition) is 1. The molecule has 0 saturated heterocycles. The molecule has 68 valence electrons. The monoisotopic (exact) mass is 216 g/mol. The van der Waals surface area contributed by atoms with Crippen LogP contribution in [0.5, 0.6) is 5.75 Å². The molecule has 0 heterocycles. The topological polar surface area (TPSA) is 76.1 Å². The number of primary amides is 1. The molecule has 0 radical (unpaired) electrons. The Labute approximate surface area is 124 Å². The van der Waals surface area contributed by atoms with Crippen molar-refractivity contribution in [2.75, 3.05) is 6.61 Å². The predicted octanol–water partition coefficient (Wildman–Crippen LogP) is 0.0394. The number of carbonyl (C=O) groups excluding carboxylic acids is 1. The third-order valence-corrected chi connectivity index (χ3v) is 1.44. The summed E-state index contributed by atoms with van der Waals surface area (Å²) in [6, 6.07) is 8.13. The molecular formula is C9H9KN2O2. The van der Waals surface area contributed by atoms with Crippen molar-refractivity contribution in [3.63, 3.8) is 0 Å². The number of ether oxygens (including phenoxy) is 1. The summed E-state index contributed by atoms with van der Waals surface area (Å²) < 4.78 is 4.98. The summed E-state index contributed by atoms with van der Waals surface area (Å²) >= 11 is 0. The number of amides is 1. The van der Waals surface area contributed by atoms with E-state index in [1.54, 1.807) is 24.3 Å². The number of nitrogens with two attached hydrogens (primary N) is 1. The molecule has 4 nitrogen and oxygen atoms in total. The van der Waals surface area contributed by atoms with Crippen molar-refractivity contribution in [2.45, 2.75) is 0 Å². The maximum absolute atomic E-state index is 10.7. The molecule has 1 amide bonds. The first-order valence-corrected chi connectivity index (χ1v) is 3.63. The van der Waals surface area contributed by atoms with E-state index in [1.165, 1.54) is 0 Å². The van der Waals surface area contributed by atoms with Gasteiger partial charge >= 0.3 is 51.4 Å². The fourth-order valence-electron chi connectivity index (χ4n) is 0.831. The summed E-state index contributed by atoms with van der Waals surface area (Å²) in [5, 5.41) is 8.22. The first-order chi connectivity index (χ1) is 6.24. The van der Waals surface area contributed by atoms with Gasteiger partial charge in [-0.05, 0) is 24.3 Å². The van der Waals surface area contributed by atoms with Gasteiger partial charge < -0.3 is 10.5 Å². The zero-order chi connectivity index (χ0) is 9.68. The molecule has 5 heteroatoms. The van der Waals surface area contributed by atoms with E-state index >= 15 is 0 Å². The van der Waals surface area contributed by atoms with Crippen LogP contribution in [-0.2, 0) is 0 Å². The van der Waals surface area contributed by atoms with Crippen LogP contribution < -0.4 is 10.5 Å². The molecule has 1 rings (SSSR count). The minimum atomic E-state index is -0.480. The number of nitriles is 1. The summed E-state index contributed by atoms with van der Waals surface area (Å²) in [5.74, 6) is 0.0679. The van der Waals surface area contributed by atoms with Crippen LogP contribution >= 0.6 is 0 Å². The van der Waals surface area contributed by atoms with Crippen LogP contribution in [0.2, 0.25) is 0 Å². The van der Waals surface area contributed by atoms with Crippen molar-refractivity contribution in [1.82, 2.24) is 0 Å². The molecule has 1 aromatic rings. The molecule has 0 bridgehead atoms. The molecule has 14 heavy (non-hydrogen) atoms. The minimum absolute atomic E-state index is 0. The second-order valence-corrected chi connectivity index (χ2v) is 2.34. The Bertz CT molecular complexity index is 343. The van der Waals surface area contributed by atoms with Gasteiger partial charge in [0, 0.05) is 5.56 Å². The molecule has 0 aliphatic carbocycles. The van der Waals surface area contributed by atoms with Crippen LogP contribution in [0.3, 0.4) is 0 Å². The van der Waals surface area contributed by atoms with Crippen molar-refractivity contribution in [2.24, 2.45) is 5.73 Å². The molecule has 0 atom stereocenters. The molecule has 0 aliphatic rings. The van der Waals surface area contributed by atoms with E-state index in [9.17, 15) is 4.79 Å². The fourth-order valence-corrected chi connectivity index (χ4v) is 0.831. The average molecular weight is 216 g/mol. The van der Waals surface area contributed by atoms with Crippen molar-refractivity contribution in [3.05, 3.63) is 29.8 Å². The van der Waals surface area contributed by atoms with Gasteiger partial charge in [0.2, 0.25) is 5.91 Å². The Morgan fingerprint density at radius 1 is 1.43 bits per heavy atom. The zero-order valence-corrected chi connectivity index (χ0v) is 6.86. The number of nitrogens with zero attached hydrogens (tertiary/aromatic N) is 1. The van der Waals surface area contributed by atoms with Gasteiger partial charge in [0.05, 0.1) is 0 Å². The van der Waals surface area contributed by atoms with Crippen LogP contribution in [0.4, 0.5) is 0 Å².